The Bertz CT molecular complexity index is 3610. The average molecular weight is 1210 g/mol. The Morgan fingerprint density at radius 2 is 0.987 bits per heavy atom. The van der Waals surface area contributed by atoms with E-state index >= 15 is 0 Å². The molecule has 0 radical (unpaired) electrons. The van der Waals surface area contributed by atoms with Crippen molar-refractivity contribution in [1.29, 1.82) is 0 Å². The zero-order chi connectivity index (χ0) is 57.0. The van der Waals surface area contributed by atoms with Crippen molar-refractivity contribution < 1.29 is 58.5 Å². The van der Waals surface area contributed by atoms with Crippen LogP contribution in [0.4, 0.5) is 11.4 Å². The number of esters is 1. The van der Waals surface area contributed by atoms with Crippen LogP contribution < -0.4 is 21.2 Å². The minimum absolute atomic E-state index is 0.0279. The topological polar surface area (TPSA) is 259 Å². The average Bonchev–Trinajstić information content (AvgIpc) is 3.42. The highest BCUT2D eigenvalue weighted by Crippen LogP contribution is 2.61. The summed E-state index contributed by atoms with van der Waals surface area (Å²) in [6.45, 7) is 1.82. The van der Waals surface area contributed by atoms with Gasteiger partial charge in [0.25, 0.3) is 0 Å². The fourth-order valence-electron chi connectivity index (χ4n) is 7.69. The Morgan fingerprint density at radius 3 is 1.48 bits per heavy atom. The third-order valence-electron chi connectivity index (χ3n) is 11.4. The van der Waals surface area contributed by atoms with Crippen molar-refractivity contribution in [3.63, 3.8) is 0 Å². The van der Waals surface area contributed by atoms with Crippen LogP contribution in [0, 0.1) is 0 Å². The number of hydrogen-bond acceptors (Lipinski definition) is 15. The number of para-hydroxylation sites is 3. The molecule has 0 fully saturated rings. The maximum absolute atomic E-state index is 12.8. The smallest absolute Gasteiger partial charge is 0.422 e. The number of aromatic nitrogens is 1. The van der Waals surface area contributed by atoms with Crippen LogP contribution >= 0.6 is 50.5 Å². The van der Waals surface area contributed by atoms with Gasteiger partial charge in [-0.15, -0.1) is 11.6 Å². The molecule has 4 unspecified atom stereocenters. The number of hydrogen-bond donors (Lipinski definition) is 1. The van der Waals surface area contributed by atoms with Crippen LogP contribution in [0.25, 0.3) is 10.9 Å². The fraction of sp³-hybridized carbons (Fsp3) is 0.196. The highest BCUT2D eigenvalue weighted by atomic mass is 36.0. The number of rotatable bonds is 8. The van der Waals surface area contributed by atoms with E-state index in [1.807, 2.05) is 0 Å². The Labute approximate surface area is 462 Å². The molecule has 77 heavy (non-hydrogen) atoms. The van der Waals surface area contributed by atoms with Crippen molar-refractivity contribution in [3.8, 4) is 0 Å². The molecule has 0 saturated heterocycles. The molecule has 0 aliphatic carbocycles. The third kappa shape index (κ3) is 15.3. The molecule has 2 aliphatic heterocycles. The summed E-state index contributed by atoms with van der Waals surface area (Å²) in [6, 6.07) is 44.2. The van der Waals surface area contributed by atoms with Crippen molar-refractivity contribution >= 4 is 120 Å². The van der Waals surface area contributed by atoms with Crippen molar-refractivity contribution in [2.24, 2.45) is 7.05 Å². The predicted molar refractivity (Wildman–Crippen MR) is 296 cm³/mol. The van der Waals surface area contributed by atoms with Crippen LogP contribution in [0.2, 0.25) is 0 Å². The lowest BCUT2D eigenvalue weighted by atomic mass is 9.98. The van der Waals surface area contributed by atoms with Crippen LogP contribution in [0.5, 0.6) is 0 Å². The first-order valence-electron chi connectivity index (χ1n) is 22.5. The summed E-state index contributed by atoms with van der Waals surface area (Å²) in [7, 11) is -6.75. The Hall–Kier alpha value is -6.13. The van der Waals surface area contributed by atoms with Crippen LogP contribution in [0.3, 0.4) is 0 Å². The quantitative estimate of drug-likeness (QED) is 0.0848. The standard InChI is InChI=1S/C16H14ClNO3S.C16H15NO4S.C10H12O4S.C9H7NO3.Cl3OP/c1-18-13-10-6-5-9-12(13)14(17)15(16(18)19)22(20,21)11-7-3-2-4-8-11;1-17-13-10-6-5-9-12(13)14(18)15(16(17)19)22(20,21)11-7-3-2-4-8-11;1-2-14-10(11)8-15(12,13)9-6-4-3-5-7-9;1-10-7-5-3-2-4-6(7)8(11)13-9(10)12;1-5(2,3)4/h2-10,14-15H,1H3;2-10,14-15,18H,1H3;3-7H,2,8H2,1H3;2-5H,1H3;. The molecule has 9 rings (SSSR count). The summed E-state index contributed by atoms with van der Waals surface area (Å²) in [4.78, 5) is 61.3. The molecule has 18 nitrogen and oxygen atoms in total. The molecule has 408 valence electrons. The minimum atomic E-state index is -3.98. The van der Waals surface area contributed by atoms with E-state index in [0.29, 0.717) is 33.4 Å². The van der Waals surface area contributed by atoms with Gasteiger partial charge in [-0.2, -0.15) is 0 Å². The highest BCUT2D eigenvalue weighted by molar-refractivity contribution is 8.24. The van der Waals surface area contributed by atoms with Crippen LogP contribution in [0.1, 0.15) is 29.5 Å². The molecule has 1 aromatic heterocycles. The lowest BCUT2D eigenvalue weighted by Gasteiger charge is -2.34. The summed E-state index contributed by atoms with van der Waals surface area (Å²) in [5, 5.41) is 3.91. The zero-order valence-corrected chi connectivity index (χ0v) is 47.4. The van der Waals surface area contributed by atoms with E-state index in [1.54, 1.807) is 148 Å². The number of nitrogens with zero attached hydrogens (tertiary/aromatic N) is 3. The van der Waals surface area contributed by atoms with Crippen LogP contribution in [0.15, 0.2) is 192 Å². The summed E-state index contributed by atoms with van der Waals surface area (Å²) in [6.07, 6.45) is -1.38. The van der Waals surface area contributed by atoms with Crippen molar-refractivity contribution in [2.45, 2.75) is 43.6 Å². The lowest BCUT2D eigenvalue weighted by Crippen LogP contribution is -2.48. The maximum Gasteiger partial charge on any atom is 0.422 e. The number of carbonyl (C=O) groups is 3. The first-order chi connectivity index (χ1) is 36.1. The predicted octanol–water partition coefficient (Wildman–Crippen LogP) is 8.65. The second-order valence-corrected chi connectivity index (χ2v) is 29.6. The lowest BCUT2D eigenvalue weighted by molar-refractivity contribution is -0.140. The number of aliphatic hydroxyl groups is 1. The molecule has 4 atom stereocenters. The number of sulfone groups is 3. The number of benzene rings is 6. The molecular weight excluding hydrogens is 1160 g/mol. The molecule has 2 aliphatic rings. The first kappa shape index (κ1) is 61.7. The van der Waals surface area contributed by atoms with E-state index in [2.05, 4.69) is 42.9 Å². The maximum atomic E-state index is 12.8. The number of aliphatic hydroxyl groups excluding tert-OH is 1. The normalized spacial score (nSPS) is 17.0. The van der Waals surface area contributed by atoms with Gasteiger partial charge < -0.3 is 24.1 Å². The number of amides is 2. The molecule has 26 heteroatoms. The zero-order valence-electron chi connectivity index (χ0n) is 41.0. The SMILES string of the molecule is CCOC(=O)CS(=O)(=O)c1ccccc1.CN1C(=O)C(S(=O)(=O)c2ccccc2)C(Cl)c2ccccc21.CN1C(=O)C(S(=O)(=O)c2ccccc2)C(O)c2ccccc21.Cn1c(=O)oc(=O)c2ccccc21.O=P(Cl)(Cl)Cl. The number of halogens is 4. The molecule has 7 aromatic rings. The summed E-state index contributed by atoms with van der Waals surface area (Å²) < 4.78 is 94.3. The largest absolute Gasteiger partial charge is 0.465 e. The number of ether oxygens (including phenoxy) is 1. The first-order valence-corrected chi connectivity index (χ1v) is 32.1. The third-order valence-corrected chi connectivity index (χ3v) is 17.8. The monoisotopic (exact) mass is 1210 g/mol. The number of carbonyl (C=O) groups excluding carboxylic acids is 3. The highest BCUT2D eigenvalue weighted by Gasteiger charge is 2.48. The van der Waals surface area contributed by atoms with E-state index in [4.69, 9.17) is 11.6 Å². The fourth-order valence-corrected chi connectivity index (χ4v) is 13.0. The molecular formula is C51H48Cl4N3O15PS3. The van der Waals surface area contributed by atoms with Gasteiger partial charge in [-0.05, 0) is 107 Å². The van der Waals surface area contributed by atoms with Gasteiger partial charge in [0.05, 0.1) is 37.6 Å². The van der Waals surface area contributed by atoms with Gasteiger partial charge in [-0.3, -0.25) is 23.5 Å². The van der Waals surface area contributed by atoms with Gasteiger partial charge >= 0.3 is 22.6 Å². The molecule has 2 amide bonds. The van der Waals surface area contributed by atoms with Crippen molar-refractivity contribution in [1.82, 2.24) is 4.57 Å². The van der Waals surface area contributed by atoms with E-state index < -0.39 is 91.6 Å². The molecule has 0 bridgehead atoms. The number of alkyl halides is 1. The summed E-state index contributed by atoms with van der Waals surface area (Å²) >= 11 is 20.2. The van der Waals surface area contributed by atoms with Gasteiger partial charge in [-0.1, -0.05) is 103 Å². The number of aryl methyl sites for hydroxylation is 1. The molecule has 3 heterocycles. The molecule has 0 spiro atoms. The number of anilines is 2. The van der Waals surface area contributed by atoms with Gasteiger partial charge in [-0.25, -0.2) is 34.8 Å². The van der Waals surface area contributed by atoms with Crippen molar-refractivity contribution in [3.05, 3.63) is 196 Å². The Kier molecular flexibility index (Phi) is 21.2. The number of fused-ring (bicyclic) bond motifs is 3. The van der Waals surface area contributed by atoms with E-state index in [-0.39, 0.29) is 21.3 Å². The Morgan fingerprint density at radius 1 is 0.597 bits per heavy atom. The summed E-state index contributed by atoms with van der Waals surface area (Å²) in [5.74, 6) is -3.10. The molecule has 0 saturated carbocycles. The molecule has 1 N–H and O–H groups in total. The van der Waals surface area contributed by atoms with Gasteiger partial charge in [0.1, 0.15) is 6.10 Å². The minimum Gasteiger partial charge on any atom is -0.465 e. The van der Waals surface area contributed by atoms with Gasteiger partial charge in [0.2, 0.25) is 11.8 Å². The van der Waals surface area contributed by atoms with Crippen molar-refractivity contribution in [2.75, 3.05) is 36.3 Å². The summed E-state index contributed by atoms with van der Waals surface area (Å²) in [5.41, 5.74) is 2.26. The second-order valence-electron chi connectivity index (χ2n) is 16.3. The van der Waals surface area contributed by atoms with Gasteiger partial charge in [0.15, 0.2) is 45.8 Å². The van der Waals surface area contributed by atoms with E-state index in [1.165, 1.54) is 57.8 Å². The molecule has 6 aromatic carbocycles. The van der Waals surface area contributed by atoms with E-state index in [0.717, 1.165) is 0 Å². The van der Waals surface area contributed by atoms with Gasteiger partial charge in [0, 0.05) is 38.1 Å². The second kappa shape index (κ2) is 26.5. The Balaban J connectivity index is 0.000000188. The van der Waals surface area contributed by atoms with Crippen LogP contribution in [-0.4, -0.2) is 89.7 Å². The van der Waals surface area contributed by atoms with Crippen LogP contribution in [-0.2, 0) is 60.2 Å². The van der Waals surface area contributed by atoms with E-state index in [9.17, 15) is 58.9 Å².